The zero-order valence-corrected chi connectivity index (χ0v) is 10.2. The summed E-state index contributed by atoms with van der Waals surface area (Å²) in [5.74, 6) is 1.20. The van der Waals surface area contributed by atoms with Gasteiger partial charge in [0.2, 0.25) is 5.91 Å². The van der Waals surface area contributed by atoms with Crippen LogP contribution in [0, 0.1) is 0 Å². The Bertz CT molecular complexity index is 237. The van der Waals surface area contributed by atoms with Gasteiger partial charge in [-0.05, 0) is 25.5 Å². The topological polar surface area (TPSA) is 46.2 Å². The van der Waals surface area contributed by atoms with Crippen molar-refractivity contribution in [2.24, 2.45) is 0 Å². The molecule has 0 bridgehead atoms. The molecule has 0 radical (unpaired) electrons. The fourth-order valence-corrected chi connectivity index (χ4v) is 2.85. The Morgan fingerprint density at radius 2 is 2.20 bits per heavy atom. The minimum absolute atomic E-state index is 0.0361. The number of thioether (sulfide) groups is 1. The van der Waals surface area contributed by atoms with E-state index >= 15 is 0 Å². The van der Waals surface area contributed by atoms with Gasteiger partial charge in [0.05, 0.1) is 11.3 Å². The third kappa shape index (κ3) is 3.86. The Labute approximate surface area is 95.4 Å². The molecule has 86 valence electrons. The molecule has 0 spiro atoms. The molecule has 1 aliphatic heterocycles. The molecular formula is C11H19NO2S. The van der Waals surface area contributed by atoms with E-state index in [9.17, 15) is 9.59 Å². The van der Waals surface area contributed by atoms with Gasteiger partial charge in [0.25, 0.3) is 0 Å². The molecule has 0 saturated carbocycles. The Hall–Kier alpha value is -0.510. The molecule has 2 atom stereocenters. The standard InChI is InChI=1S/C11H19NO2S/c1-3-9(13)8(2)12-11(14)10-6-4-5-7-15-10/h8,10H,3-7H2,1-2H3,(H,12,14). The van der Waals surface area contributed by atoms with Gasteiger partial charge in [-0.25, -0.2) is 0 Å². The van der Waals surface area contributed by atoms with E-state index in [1.165, 1.54) is 6.42 Å². The summed E-state index contributed by atoms with van der Waals surface area (Å²) in [6.07, 6.45) is 3.77. The van der Waals surface area contributed by atoms with Gasteiger partial charge in [-0.2, -0.15) is 0 Å². The zero-order valence-electron chi connectivity index (χ0n) is 9.41. The first-order chi connectivity index (χ1) is 7.15. The van der Waals surface area contributed by atoms with Crippen LogP contribution in [-0.2, 0) is 9.59 Å². The van der Waals surface area contributed by atoms with Crippen LogP contribution >= 0.6 is 11.8 Å². The summed E-state index contributed by atoms with van der Waals surface area (Å²) >= 11 is 1.71. The maximum atomic E-state index is 11.7. The highest BCUT2D eigenvalue weighted by Gasteiger charge is 2.24. The predicted molar refractivity (Wildman–Crippen MR) is 63.0 cm³/mol. The number of hydrogen-bond donors (Lipinski definition) is 1. The molecule has 1 N–H and O–H groups in total. The van der Waals surface area contributed by atoms with E-state index in [0.29, 0.717) is 6.42 Å². The highest BCUT2D eigenvalue weighted by molar-refractivity contribution is 8.00. The first-order valence-corrected chi connectivity index (χ1v) is 6.64. The van der Waals surface area contributed by atoms with E-state index in [4.69, 9.17) is 0 Å². The summed E-state index contributed by atoms with van der Waals surface area (Å²) in [4.78, 5) is 23.1. The summed E-state index contributed by atoms with van der Waals surface area (Å²) in [6.45, 7) is 3.58. The van der Waals surface area contributed by atoms with Gasteiger partial charge in [-0.3, -0.25) is 9.59 Å². The van der Waals surface area contributed by atoms with Crippen molar-refractivity contribution in [1.29, 1.82) is 0 Å². The summed E-state index contributed by atoms with van der Waals surface area (Å²) in [5, 5.41) is 2.85. The number of carbonyl (C=O) groups excluding carboxylic acids is 2. The monoisotopic (exact) mass is 229 g/mol. The number of amides is 1. The lowest BCUT2D eigenvalue weighted by atomic mass is 10.1. The summed E-state index contributed by atoms with van der Waals surface area (Å²) in [7, 11) is 0. The quantitative estimate of drug-likeness (QED) is 0.799. The highest BCUT2D eigenvalue weighted by atomic mass is 32.2. The molecule has 0 aromatic carbocycles. The fourth-order valence-electron chi connectivity index (χ4n) is 1.64. The van der Waals surface area contributed by atoms with Crippen molar-refractivity contribution in [2.75, 3.05) is 5.75 Å². The van der Waals surface area contributed by atoms with E-state index < -0.39 is 0 Å². The number of rotatable bonds is 4. The number of nitrogens with one attached hydrogen (secondary N) is 1. The molecule has 0 aromatic heterocycles. The summed E-state index contributed by atoms with van der Waals surface area (Å²) in [5.41, 5.74) is 0. The van der Waals surface area contributed by atoms with Gasteiger partial charge in [-0.15, -0.1) is 11.8 Å². The Kier molecular flexibility index (Phi) is 5.15. The third-order valence-electron chi connectivity index (χ3n) is 2.66. The van der Waals surface area contributed by atoms with Crippen LogP contribution in [-0.4, -0.2) is 28.7 Å². The van der Waals surface area contributed by atoms with Crippen molar-refractivity contribution in [3.05, 3.63) is 0 Å². The lowest BCUT2D eigenvalue weighted by Gasteiger charge is -2.22. The Balaban J connectivity index is 2.36. The van der Waals surface area contributed by atoms with Crippen LogP contribution in [0.4, 0.5) is 0 Å². The van der Waals surface area contributed by atoms with Crippen LogP contribution in [0.1, 0.15) is 39.5 Å². The van der Waals surface area contributed by atoms with Gasteiger partial charge < -0.3 is 5.32 Å². The van der Waals surface area contributed by atoms with Crippen molar-refractivity contribution in [3.63, 3.8) is 0 Å². The molecule has 1 aliphatic rings. The smallest absolute Gasteiger partial charge is 0.233 e. The highest BCUT2D eigenvalue weighted by Crippen LogP contribution is 2.25. The predicted octanol–water partition coefficient (Wildman–Crippen LogP) is 1.76. The zero-order chi connectivity index (χ0) is 11.3. The normalized spacial score (nSPS) is 23.2. The number of carbonyl (C=O) groups is 2. The first-order valence-electron chi connectivity index (χ1n) is 5.59. The fraction of sp³-hybridized carbons (Fsp3) is 0.818. The molecule has 0 aromatic rings. The van der Waals surface area contributed by atoms with E-state index in [1.807, 2.05) is 6.92 Å². The molecule has 1 amide bonds. The second-order valence-electron chi connectivity index (χ2n) is 3.91. The maximum Gasteiger partial charge on any atom is 0.233 e. The number of Topliss-reactive ketones (excluding diaryl/α,β-unsaturated/α-hetero) is 1. The van der Waals surface area contributed by atoms with Gasteiger partial charge in [-0.1, -0.05) is 13.3 Å². The van der Waals surface area contributed by atoms with Crippen molar-refractivity contribution in [2.45, 2.75) is 50.8 Å². The molecule has 1 rings (SSSR count). The third-order valence-corrected chi connectivity index (χ3v) is 4.04. The number of ketones is 1. The average molecular weight is 229 g/mol. The van der Waals surface area contributed by atoms with Crippen molar-refractivity contribution in [3.8, 4) is 0 Å². The largest absolute Gasteiger partial charge is 0.346 e. The maximum absolute atomic E-state index is 11.7. The minimum Gasteiger partial charge on any atom is -0.346 e. The molecule has 4 heteroatoms. The molecule has 1 fully saturated rings. The van der Waals surface area contributed by atoms with Crippen LogP contribution < -0.4 is 5.32 Å². The second-order valence-corrected chi connectivity index (χ2v) is 5.22. The molecule has 2 unspecified atom stereocenters. The van der Waals surface area contributed by atoms with Gasteiger partial charge >= 0.3 is 0 Å². The van der Waals surface area contributed by atoms with E-state index in [1.54, 1.807) is 18.7 Å². The molecule has 1 saturated heterocycles. The Morgan fingerprint density at radius 3 is 2.73 bits per heavy atom. The lowest BCUT2D eigenvalue weighted by Crippen LogP contribution is -2.43. The van der Waals surface area contributed by atoms with Crippen molar-refractivity contribution >= 4 is 23.5 Å². The molecule has 1 heterocycles. The summed E-state index contributed by atoms with van der Waals surface area (Å²) in [6, 6.07) is -0.329. The van der Waals surface area contributed by atoms with Crippen LogP contribution in [0.3, 0.4) is 0 Å². The van der Waals surface area contributed by atoms with Crippen LogP contribution in [0.2, 0.25) is 0 Å². The average Bonchev–Trinajstić information content (AvgIpc) is 2.29. The Morgan fingerprint density at radius 1 is 1.47 bits per heavy atom. The van der Waals surface area contributed by atoms with Crippen LogP contribution in [0.15, 0.2) is 0 Å². The lowest BCUT2D eigenvalue weighted by molar-refractivity contribution is -0.127. The van der Waals surface area contributed by atoms with Crippen LogP contribution in [0.5, 0.6) is 0 Å². The van der Waals surface area contributed by atoms with Gasteiger partial charge in [0.15, 0.2) is 5.78 Å². The molecule has 15 heavy (non-hydrogen) atoms. The summed E-state index contributed by atoms with van der Waals surface area (Å²) < 4.78 is 0. The van der Waals surface area contributed by atoms with Crippen LogP contribution in [0.25, 0.3) is 0 Å². The first kappa shape index (κ1) is 12.6. The van der Waals surface area contributed by atoms with Crippen molar-refractivity contribution in [1.82, 2.24) is 5.32 Å². The molecular weight excluding hydrogens is 210 g/mol. The number of hydrogen-bond acceptors (Lipinski definition) is 3. The van der Waals surface area contributed by atoms with Crippen molar-refractivity contribution < 1.29 is 9.59 Å². The van der Waals surface area contributed by atoms with Gasteiger partial charge in [0, 0.05) is 6.42 Å². The second kappa shape index (κ2) is 6.16. The SMILES string of the molecule is CCC(=O)C(C)NC(=O)C1CCCCS1. The van der Waals surface area contributed by atoms with E-state index in [0.717, 1.165) is 18.6 Å². The molecule has 0 aliphatic carbocycles. The minimum atomic E-state index is -0.329. The molecule has 3 nitrogen and oxygen atoms in total. The van der Waals surface area contributed by atoms with Gasteiger partial charge in [0.1, 0.15) is 0 Å². The van der Waals surface area contributed by atoms with E-state index in [2.05, 4.69) is 5.32 Å². The van der Waals surface area contributed by atoms with E-state index in [-0.39, 0.29) is 23.0 Å².